The van der Waals surface area contributed by atoms with Crippen LogP contribution in [0.4, 0.5) is 13.2 Å². The topological polar surface area (TPSA) is 44.5 Å². The van der Waals surface area contributed by atoms with Gasteiger partial charge in [0.15, 0.2) is 0 Å². The number of rotatable bonds is 5. The van der Waals surface area contributed by atoms with E-state index in [1.165, 1.54) is 0 Å². The quantitative estimate of drug-likeness (QED) is 0.587. The van der Waals surface area contributed by atoms with Crippen molar-refractivity contribution in [2.24, 2.45) is 5.84 Å². The van der Waals surface area contributed by atoms with Crippen LogP contribution in [0.3, 0.4) is 0 Å². The summed E-state index contributed by atoms with van der Waals surface area (Å²) >= 11 is 0. The molecule has 1 aliphatic heterocycles. The molecule has 1 heterocycles. The van der Waals surface area contributed by atoms with Crippen LogP contribution in [0.2, 0.25) is 0 Å². The molecule has 2 atom stereocenters. The van der Waals surface area contributed by atoms with Crippen LogP contribution in [0.5, 0.6) is 0 Å². The van der Waals surface area contributed by atoms with E-state index in [4.69, 9.17) is 5.84 Å². The number of likely N-dealkylation sites (N-methyl/N-ethyl adjacent to an activating group) is 2. The molecular formula is C12H25F3N4. The molecule has 0 bridgehead atoms. The lowest BCUT2D eigenvalue weighted by Crippen LogP contribution is -2.54. The van der Waals surface area contributed by atoms with Crippen molar-refractivity contribution < 1.29 is 13.2 Å². The monoisotopic (exact) mass is 282 g/mol. The van der Waals surface area contributed by atoms with E-state index in [2.05, 4.69) is 15.2 Å². The third-order valence-corrected chi connectivity index (χ3v) is 3.77. The van der Waals surface area contributed by atoms with Gasteiger partial charge in [0.25, 0.3) is 0 Å². The van der Waals surface area contributed by atoms with Crippen molar-refractivity contribution in [1.82, 2.24) is 15.2 Å². The summed E-state index contributed by atoms with van der Waals surface area (Å²) in [5.41, 5.74) is 2.70. The van der Waals surface area contributed by atoms with Gasteiger partial charge in [-0.05, 0) is 46.4 Å². The number of nitrogens with one attached hydrogen (secondary N) is 1. The van der Waals surface area contributed by atoms with E-state index >= 15 is 0 Å². The molecule has 7 heteroatoms. The molecule has 114 valence electrons. The Hall–Kier alpha value is -0.370. The Morgan fingerprint density at radius 2 is 2.00 bits per heavy atom. The zero-order chi connectivity index (χ0) is 14.5. The lowest BCUT2D eigenvalue weighted by Gasteiger charge is -2.34. The van der Waals surface area contributed by atoms with Gasteiger partial charge in [-0.2, -0.15) is 13.2 Å². The lowest BCUT2D eigenvalue weighted by molar-refractivity contribution is -0.136. The molecule has 1 rings (SSSR count). The van der Waals surface area contributed by atoms with E-state index in [0.29, 0.717) is 6.42 Å². The fraction of sp³-hybridized carbons (Fsp3) is 1.00. The maximum atomic E-state index is 12.2. The van der Waals surface area contributed by atoms with E-state index in [1.54, 1.807) is 0 Å². The summed E-state index contributed by atoms with van der Waals surface area (Å²) in [7, 11) is 4.05. The molecule has 0 aromatic heterocycles. The van der Waals surface area contributed by atoms with Crippen LogP contribution < -0.4 is 11.3 Å². The fourth-order valence-electron chi connectivity index (χ4n) is 2.65. The standard InChI is InChI=1S/C12H25F3N4/c1-18-7-4-8-19(2)11(9-18)10(17-16)5-3-6-12(13,14)15/h10-11,17H,3-9,16H2,1-2H3. The Kier molecular flexibility index (Phi) is 6.52. The summed E-state index contributed by atoms with van der Waals surface area (Å²) in [5, 5.41) is 0. The SMILES string of the molecule is CN1CCCN(C)C(C(CCCC(F)(F)F)NN)C1. The van der Waals surface area contributed by atoms with Crippen molar-refractivity contribution >= 4 is 0 Å². The van der Waals surface area contributed by atoms with Gasteiger partial charge in [0.1, 0.15) is 0 Å². The highest BCUT2D eigenvalue weighted by atomic mass is 19.4. The van der Waals surface area contributed by atoms with Crippen molar-refractivity contribution in [1.29, 1.82) is 0 Å². The third kappa shape index (κ3) is 6.07. The summed E-state index contributed by atoms with van der Waals surface area (Å²) < 4.78 is 36.6. The van der Waals surface area contributed by atoms with Gasteiger partial charge in [0.05, 0.1) is 0 Å². The van der Waals surface area contributed by atoms with Crippen molar-refractivity contribution in [3.05, 3.63) is 0 Å². The van der Waals surface area contributed by atoms with Crippen molar-refractivity contribution in [3.8, 4) is 0 Å². The molecule has 19 heavy (non-hydrogen) atoms. The smallest absolute Gasteiger partial charge is 0.305 e. The molecule has 0 amide bonds. The average molecular weight is 282 g/mol. The van der Waals surface area contributed by atoms with Gasteiger partial charge in [-0.1, -0.05) is 0 Å². The van der Waals surface area contributed by atoms with Crippen LogP contribution >= 0.6 is 0 Å². The highest BCUT2D eigenvalue weighted by Crippen LogP contribution is 2.23. The molecule has 0 radical (unpaired) electrons. The second-order valence-electron chi connectivity index (χ2n) is 5.44. The molecule has 1 saturated heterocycles. The van der Waals surface area contributed by atoms with Gasteiger partial charge >= 0.3 is 6.18 Å². The molecular weight excluding hydrogens is 257 g/mol. The average Bonchev–Trinajstić information content (AvgIpc) is 2.46. The molecule has 2 unspecified atom stereocenters. The maximum Gasteiger partial charge on any atom is 0.389 e. The first kappa shape index (κ1) is 16.7. The van der Waals surface area contributed by atoms with Gasteiger partial charge in [-0.15, -0.1) is 0 Å². The number of nitrogens with zero attached hydrogens (tertiary/aromatic N) is 2. The zero-order valence-corrected chi connectivity index (χ0v) is 11.7. The zero-order valence-electron chi connectivity index (χ0n) is 11.7. The van der Waals surface area contributed by atoms with Crippen molar-refractivity contribution in [2.45, 2.75) is 43.9 Å². The molecule has 1 aliphatic rings. The maximum absolute atomic E-state index is 12.2. The Balaban J connectivity index is 2.51. The first-order valence-corrected chi connectivity index (χ1v) is 6.75. The van der Waals surface area contributed by atoms with E-state index in [9.17, 15) is 13.2 Å². The minimum atomic E-state index is -4.08. The highest BCUT2D eigenvalue weighted by Gasteiger charge is 2.30. The van der Waals surface area contributed by atoms with Crippen LogP contribution in [0.1, 0.15) is 25.7 Å². The minimum Gasteiger partial charge on any atom is -0.305 e. The highest BCUT2D eigenvalue weighted by molar-refractivity contribution is 4.86. The number of hydrogen-bond donors (Lipinski definition) is 2. The molecule has 3 N–H and O–H groups in total. The van der Waals surface area contributed by atoms with Crippen LogP contribution in [-0.4, -0.2) is 61.8 Å². The predicted molar refractivity (Wildman–Crippen MR) is 69.5 cm³/mol. The molecule has 0 aromatic carbocycles. The molecule has 0 saturated carbocycles. The van der Waals surface area contributed by atoms with Crippen molar-refractivity contribution in [3.63, 3.8) is 0 Å². The third-order valence-electron chi connectivity index (χ3n) is 3.77. The summed E-state index contributed by atoms with van der Waals surface area (Å²) in [4.78, 5) is 4.41. The first-order chi connectivity index (χ1) is 8.83. The van der Waals surface area contributed by atoms with E-state index in [-0.39, 0.29) is 18.5 Å². The Bertz CT molecular complexity index is 260. The number of hydrogen-bond acceptors (Lipinski definition) is 4. The second-order valence-corrected chi connectivity index (χ2v) is 5.44. The summed E-state index contributed by atoms with van der Waals surface area (Å²) in [6, 6.07) is 0.0543. The normalized spacial score (nSPS) is 25.3. The Morgan fingerprint density at radius 1 is 1.32 bits per heavy atom. The molecule has 0 spiro atoms. The predicted octanol–water partition coefficient (Wildman–Crippen LogP) is 1.19. The summed E-state index contributed by atoms with van der Waals surface area (Å²) in [6.45, 7) is 2.80. The molecule has 4 nitrogen and oxygen atoms in total. The van der Waals surface area contributed by atoms with Crippen LogP contribution in [0.15, 0.2) is 0 Å². The van der Waals surface area contributed by atoms with Crippen LogP contribution in [0, 0.1) is 0 Å². The van der Waals surface area contributed by atoms with E-state index < -0.39 is 12.6 Å². The van der Waals surface area contributed by atoms with Crippen LogP contribution in [0.25, 0.3) is 0 Å². The Morgan fingerprint density at radius 3 is 2.58 bits per heavy atom. The number of nitrogens with two attached hydrogens (primary N) is 1. The molecule has 0 aliphatic carbocycles. The van der Waals surface area contributed by atoms with E-state index in [1.807, 2.05) is 14.1 Å². The van der Waals surface area contributed by atoms with Gasteiger partial charge in [-0.3, -0.25) is 11.3 Å². The lowest BCUT2D eigenvalue weighted by atomic mass is 10.0. The molecule has 1 fully saturated rings. The second kappa shape index (κ2) is 7.42. The largest absolute Gasteiger partial charge is 0.389 e. The minimum absolute atomic E-state index is 0.104. The summed E-state index contributed by atoms with van der Waals surface area (Å²) in [6.07, 6.45) is -3.18. The number of hydrazine groups is 1. The Labute approximate surface area is 113 Å². The van der Waals surface area contributed by atoms with Gasteiger partial charge in [0, 0.05) is 25.0 Å². The van der Waals surface area contributed by atoms with Gasteiger partial charge in [-0.25, -0.2) is 0 Å². The van der Waals surface area contributed by atoms with E-state index in [0.717, 1.165) is 26.1 Å². The van der Waals surface area contributed by atoms with Crippen molar-refractivity contribution in [2.75, 3.05) is 33.7 Å². The fourth-order valence-corrected chi connectivity index (χ4v) is 2.65. The van der Waals surface area contributed by atoms with Gasteiger partial charge < -0.3 is 9.80 Å². The number of halogens is 3. The van der Waals surface area contributed by atoms with Crippen LogP contribution in [-0.2, 0) is 0 Å². The van der Waals surface area contributed by atoms with Gasteiger partial charge in [0.2, 0.25) is 0 Å². The molecule has 0 aromatic rings. The first-order valence-electron chi connectivity index (χ1n) is 6.75. The number of alkyl halides is 3. The summed E-state index contributed by atoms with van der Waals surface area (Å²) in [5.74, 6) is 5.54.